The highest BCUT2D eigenvalue weighted by Gasteiger charge is 2.30. The van der Waals surface area contributed by atoms with Gasteiger partial charge in [0.15, 0.2) is 11.4 Å². The van der Waals surface area contributed by atoms with Crippen LogP contribution < -0.4 is 10.9 Å². The summed E-state index contributed by atoms with van der Waals surface area (Å²) in [6.07, 6.45) is 3.03. The number of ketones is 1. The number of carbonyl (C=O) groups excluding carboxylic acids is 1. The van der Waals surface area contributed by atoms with Gasteiger partial charge >= 0.3 is 0 Å². The van der Waals surface area contributed by atoms with Gasteiger partial charge < -0.3 is 10.4 Å². The van der Waals surface area contributed by atoms with Gasteiger partial charge in [-0.2, -0.15) is 4.98 Å². The number of phenols is 1. The van der Waals surface area contributed by atoms with Crippen LogP contribution in [-0.2, 0) is 12.8 Å². The summed E-state index contributed by atoms with van der Waals surface area (Å²) in [5.41, 5.74) is 2.97. The normalized spacial score (nSPS) is 15.5. The molecule has 1 aliphatic carbocycles. The first-order valence-corrected chi connectivity index (χ1v) is 10.6. The molecule has 5 rings (SSSR count). The zero-order valence-electron chi connectivity index (χ0n) is 17.3. The quantitative estimate of drug-likeness (QED) is 0.450. The molecule has 32 heavy (non-hydrogen) atoms. The Hall–Kier alpha value is -4.00. The molecular formula is C25H22N4O3. The maximum absolute atomic E-state index is 13.0. The van der Waals surface area contributed by atoms with Gasteiger partial charge in [0.25, 0.3) is 5.56 Å². The number of anilines is 1. The standard InChI is InChI=1S/C25H22N4O3/c30-20-9-5-4-8-17(20)16-12-18-19(21(31)13-16)14-27-23-22(18)24(32)29-25(28-23)26-11-10-15-6-2-1-3-7-15/h1-9,14,16,30H,10-13H2,(H2,26,27,28,29,32)/t16-/m0/s1. The Balaban J connectivity index is 1.46. The number of hydrogen-bond acceptors (Lipinski definition) is 6. The number of H-pyrrole nitrogens is 1. The lowest BCUT2D eigenvalue weighted by Gasteiger charge is -2.25. The lowest BCUT2D eigenvalue weighted by atomic mass is 9.79. The highest BCUT2D eigenvalue weighted by molar-refractivity contribution is 6.02. The van der Waals surface area contributed by atoms with Crippen LogP contribution in [0, 0.1) is 0 Å². The number of rotatable bonds is 5. The van der Waals surface area contributed by atoms with Crippen LogP contribution >= 0.6 is 0 Å². The number of carbonyl (C=O) groups is 1. The van der Waals surface area contributed by atoms with Gasteiger partial charge in [0.1, 0.15) is 5.75 Å². The largest absolute Gasteiger partial charge is 0.508 e. The first-order valence-electron chi connectivity index (χ1n) is 10.6. The molecule has 4 aromatic rings. The second-order valence-corrected chi connectivity index (χ2v) is 8.01. The number of aromatic hydroxyl groups is 1. The molecule has 0 fully saturated rings. The predicted octanol–water partition coefficient (Wildman–Crippen LogP) is 3.59. The predicted molar refractivity (Wildman–Crippen MR) is 122 cm³/mol. The fraction of sp³-hybridized carbons (Fsp3) is 0.200. The van der Waals surface area contributed by atoms with Crippen molar-refractivity contribution in [2.45, 2.75) is 25.2 Å². The number of benzene rings is 2. The summed E-state index contributed by atoms with van der Waals surface area (Å²) in [6.45, 7) is 0.608. The average Bonchev–Trinajstić information content (AvgIpc) is 2.79. The molecule has 7 nitrogen and oxygen atoms in total. The summed E-state index contributed by atoms with van der Waals surface area (Å²) in [4.78, 5) is 37.4. The zero-order chi connectivity index (χ0) is 22.1. The number of phenolic OH excluding ortho intramolecular Hbond substituents is 1. The van der Waals surface area contributed by atoms with Crippen LogP contribution in [0.4, 0.5) is 5.95 Å². The molecule has 0 spiro atoms. The topological polar surface area (TPSA) is 108 Å². The Labute approximate surface area is 184 Å². The van der Waals surface area contributed by atoms with Crippen LogP contribution in [0.15, 0.2) is 65.6 Å². The number of aromatic amines is 1. The van der Waals surface area contributed by atoms with E-state index in [1.807, 2.05) is 42.5 Å². The third-order valence-corrected chi connectivity index (χ3v) is 5.95. The lowest BCUT2D eigenvalue weighted by Crippen LogP contribution is -2.23. The molecule has 0 saturated heterocycles. The third kappa shape index (κ3) is 3.73. The minimum absolute atomic E-state index is 0.0848. The van der Waals surface area contributed by atoms with Gasteiger partial charge in [-0.15, -0.1) is 0 Å². The lowest BCUT2D eigenvalue weighted by molar-refractivity contribution is 0.0964. The molecule has 0 unspecified atom stereocenters. The summed E-state index contributed by atoms with van der Waals surface area (Å²) in [5.74, 6) is 0.220. The van der Waals surface area contributed by atoms with E-state index in [9.17, 15) is 14.7 Å². The highest BCUT2D eigenvalue weighted by Crippen LogP contribution is 2.37. The molecule has 2 aromatic heterocycles. The number of nitrogens with one attached hydrogen (secondary N) is 2. The Kier molecular flexibility index (Phi) is 5.15. The fourth-order valence-electron chi connectivity index (χ4n) is 4.38. The van der Waals surface area contributed by atoms with Crippen LogP contribution in [0.1, 0.15) is 39.4 Å². The molecule has 0 aliphatic heterocycles. The van der Waals surface area contributed by atoms with Crippen LogP contribution in [0.25, 0.3) is 11.0 Å². The third-order valence-electron chi connectivity index (χ3n) is 5.95. The number of nitrogens with zero attached hydrogens (tertiary/aromatic N) is 2. The molecule has 3 N–H and O–H groups in total. The monoisotopic (exact) mass is 426 g/mol. The van der Waals surface area contributed by atoms with Crippen LogP contribution in [0.3, 0.4) is 0 Å². The van der Waals surface area contributed by atoms with Crippen molar-refractivity contribution in [3.63, 3.8) is 0 Å². The van der Waals surface area contributed by atoms with Gasteiger partial charge in [-0.05, 0) is 41.5 Å². The minimum atomic E-state index is -0.327. The fourth-order valence-corrected chi connectivity index (χ4v) is 4.38. The molecule has 1 atom stereocenters. The van der Waals surface area contributed by atoms with Crippen molar-refractivity contribution in [3.05, 3.63) is 93.4 Å². The van der Waals surface area contributed by atoms with Gasteiger partial charge in [0.05, 0.1) is 5.39 Å². The van der Waals surface area contributed by atoms with E-state index in [1.54, 1.807) is 12.1 Å². The number of pyridine rings is 1. The van der Waals surface area contributed by atoms with Crippen LogP contribution in [-0.4, -0.2) is 32.4 Å². The van der Waals surface area contributed by atoms with E-state index in [4.69, 9.17) is 0 Å². The van der Waals surface area contributed by atoms with Crippen molar-refractivity contribution in [3.8, 4) is 5.75 Å². The van der Waals surface area contributed by atoms with Crippen molar-refractivity contribution >= 4 is 22.8 Å². The van der Waals surface area contributed by atoms with E-state index in [0.717, 1.165) is 6.42 Å². The van der Waals surface area contributed by atoms with E-state index >= 15 is 0 Å². The molecular weight excluding hydrogens is 404 g/mol. The molecule has 7 heteroatoms. The number of hydrogen-bond donors (Lipinski definition) is 3. The molecule has 0 radical (unpaired) electrons. The Morgan fingerprint density at radius 2 is 1.81 bits per heavy atom. The van der Waals surface area contributed by atoms with E-state index < -0.39 is 0 Å². The van der Waals surface area contributed by atoms with Crippen molar-refractivity contribution in [1.29, 1.82) is 0 Å². The van der Waals surface area contributed by atoms with Crippen LogP contribution in [0.5, 0.6) is 5.75 Å². The van der Waals surface area contributed by atoms with Crippen molar-refractivity contribution in [2.24, 2.45) is 0 Å². The molecule has 2 heterocycles. The van der Waals surface area contributed by atoms with Crippen molar-refractivity contribution < 1.29 is 9.90 Å². The molecule has 0 saturated carbocycles. The summed E-state index contributed by atoms with van der Waals surface area (Å²) >= 11 is 0. The number of aromatic nitrogens is 3. The molecule has 0 amide bonds. The number of Topliss-reactive ketones (excluding diaryl/α,β-unsaturated/α-hetero) is 1. The maximum atomic E-state index is 13.0. The minimum Gasteiger partial charge on any atom is -0.508 e. The Morgan fingerprint density at radius 1 is 1.03 bits per heavy atom. The van der Waals surface area contributed by atoms with Crippen molar-refractivity contribution in [1.82, 2.24) is 15.0 Å². The Morgan fingerprint density at radius 3 is 2.62 bits per heavy atom. The Bertz CT molecular complexity index is 1360. The maximum Gasteiger partial charge on any atom is 0.262 e. The second-order valence-electron chi connectivity index (χ2n) is 8.01. The van der Waals surface area contributed by atoms with Crippen molar-refractivity contribution in [2.75, 3.05) is 11.9 Å². The van der Waals surface area contributed by atoms with Gasteiger partial charge in [-0.1, -0.05) is 48.5 Å². The van der Waals surface area contributed by atoms with Gasteiger partial charge in [0.2, 0.25) is 5.95 Å². The van der Waals surface area contributed by atoms with E-state index in [0.29, 0.717) is 46.6 Å². The summed E-state index contributed by atoms with van der Waals surface area (Å²) in [7, 11) is 0. The van der Waals surface area contributed by atoms with Gasteiger partial charge in [-0.25, -0.2) is 4.98 Å². The summed E-state index contributed by atoms with van der Waals surface area (Å²) in [5, 5.41) is 13.7. The molecule has 2 aromatic carbocycles. The molecule has 160 valence electrons. The van der Waals surface area contributed by atoms with E-state index in [-0.39, 0.29) is 29.4 Å². The smallest absolute Gasteiger partial charge is 0.262 e. The average molecular weight is 426 g/mol. The van der Waals surface area contributed by atoms with Crippen LogP contribution in [0.2, 0.25) is 0 Å². The molecule has 0 bridgehead atoms. The summed E-state index contributed by atoms with van der Waals surface area (Å²) < 4.78 is 0. The SMILES string of the molecule is O=C1C[C@@H](c2ccccc2O)Cc2c1cnc1nc(NCCc3ccccc3)[nH]c(=O)c21. The van der Waals surface area contributed by atoms with Gasteiger partial charge in [-0.3, -0.25) is 14.6 Å². The van der Waals surface area contributed by atoms with Gasteiger partial charge in [0, 0.05) is 24.7 Å². The molecule has 1 aliphatic rings. The second kappa shape index (κ2) is 8.26. The first kappa shape index (κ1) is 19.9. The zero-order valence-corrected chi connectivity index (χ0v) is 17.3. The van der Waals surface area contributed by atoms with E-state index in [2.05, 4.69) is 20.3 Å². The first-order chi connectivity index (χ1) is 15.6. The number of para-hydroxylation sites is 1. The van der Waals surface area contributed by atoms with E-state index in [1.165, 1.54) is 11.8 Å². The highest BCUT2D eigenvalue weighted by atomic mass is 16.3. The summed E-state index contributed by atoms with van der Waals surface area (Å²) in [6, 6.07) is 17.1. The number of fused-ring (bicyclic) bond motifs is 3.